The van der Waals surface area contributed by atoms with E-state index in [1.807, 2.05) is 17.3 Å². The molecule has 0 aliphatic carbocycles. The van der Waals surface area contributed by atoms with Crippen LogP contribution < -0.4 is 0 Å². The van der Waals surface area contributed by atoms with Gasteiger partial charge in [-0.2, -0.15) is 0 Å². The Kier molecular flexibility index (Phi) is 5.02. The minimum Gasteiger partial charge on any atom is -0.336 e. The maximum atomic E-state index is 13.4. The number of hydrogen-bond donors (Lipinski definition) is 0. The largest absolute Gasteiger partial charge is 0.336 e. The van der Waals surface area contributed by atoms with Gasteiger partial charge in [-0.3, -0.25) is 9.69 Å². The molecular formula is C20H25FN4O. The van der Waals surface area contributed by atoms with Gasteiger partial charge in [0.2, 0.25) is 5.91 Å². The Bertz CT molecular complexity index is 782. The van der Waals surface area contributed by atoms with Crippen LogP contribution in [0.4, 0.5) is 4.39 Å². The molecule has 1 amide bonds. The summed E-state index contributed by atoms with van der Waals surface area (Å²) in [6.07, 6.45) is 5.60. The predicted molar refractivity (Wildman–Crippen MR) is 96.9 cm³/mol. The molecule has 1 fully saturated rings. The number of halogens is 1. The summed E-state index contributed by atoms with van der Waals surface area (Å²) in [6, 6.07) is 6.31. The quantitative estimate of drug-likeness (QED) is 0.846. The van der Waals surface area contributed by atoms with Crippen molar-refractivity contribution in [2.45, 2.75) is 45.3 Å². The monoisotopic (exact) mass is 356 g/mol. The van der Waals surface area contributed by atoms with Crippen LogP contribution in [0.15, 0.2) is 30.6 Å². The molecule has 138 valence electrons. The van der Waals surface area contributed by atoms with E-state index in [1.165, 1.54) is 25.0 Å². The van der Waals surface area contributed by atoms with Crippen molar-refractivity contribution < 1.29 is 9.18 Å². The number of amides is 1. The summed E-state index contributed by atoms with van der Waals surface area (Å²) >= 11 is 0. The molecule has 1 aromatic heterocycles. The number of imidazole rings is 1. The third-order valence-corrected chi connectivity index (χ3v) is 5.37. The van der Waals surface area contributed by atoms with Crippen LogP contribution in [-0.2, 0) is 30.8 Å². The van der Waals surface area contributed by atoms with E-state index in [2.05, 4.69) is 14.5 Å². The van der Waals surface area contributed by atoms with Crippen molar-refractivity contribution in [1.82, 2.24) is 19.4 Å². The van der Waals surface area contributed by atoms with Crippen molar-refractivity contribution in [3.8, 4) is 0 Å². The number of nitrogens with zero attached hydrogens (tertiary/aromatic N) is 4. The number of carbonyl (C=O) groups excluding carboxylic acids is 1. The fourth-order valence-electron chi connectivity index (χ4n) is 3.95. The van der Waals surface area contributed by atoms with Crippen LogP contribution in [0.3, 0.4) is 0 Å². The van der Waals surface area contributed by atoms with E-state index in [9.17, 15) is 9.18 Å². The van der Waals surface area contributed by atoms with E-state index in [-0.39, 0.29) is 18.1 Å². The number of aromatic nitrogens is 2. The molecule has 2 aromatic rings. The van der Waals surface area contributed by atoms with Gasteiger partial charge in [0.1, 0.15) is 5.82 Å². The molecule has 1 aromatic carbocycles. The van der Waals surface area contributed by atoms with Gasteiger partial charge in [-0.05, 0) is 50.0 Å². The van der Waals surface area contributed by atoms with Gasteiger partial charge in [0.05, 0.1) is 30.7 Å². The van der Waals surface area contributed by atoms with Gasteiger partial charge in [0.25, 0.3) is 0 Å². The fourth-order valence-corrected chi connectivity index (χ4v) is 3.95. The minimum atomic E-state index is -0.294. The lowest BCUT2D eigenvalue weighted by Crippen LogP contribution is -2.32. The van der Waals surface area contributed by atoms with Crippen LogP contribution in [-0.4, -0.2) is 44.9 Å². The summed E-state index contributed by atoms with van der Waals surface area (Å²) in [5.74, 6) is -0.241. The molecule has 2 aliphatic heterocycles. The van der Waals surface area contributed by atoms with E-state index in [1.54, 1.807) is 6.07 Å². The third kappa shape index (κ3) is 3.80. The number of aryl methyl sites for hydroxylation is 1. The highest BCUT2D eigenvalue weighted by Gasteiger charge is 2.24. The Morgan fingerprint density at radius 3 is 2.77 bits per heavy atom. The molecule has 5 nitrogen and oxygen atoms in total. The number of fused-ring (bicyclic) bond motifs is 1. The van der Waals surface area contributed by atoms with Crippen LogP contribution in [0.25, 0.3) is 0 Å². The SMILES string of the molecule is O=C(Cc1cccc(F)c1)N1CCCn2cnc(CN3CCCC3)c2C1. The molecule has 26 heavy (non-hydrogen) atoms. The number of rotatable bonds is 4. The zero-order chi connectivity index (χ0) is 17.9. The van der Waals surface area contributed by atoms with Gasteiger partial charge in [0, 0.05) is 19.6 Å². The zero-order valence-electron chi connectivity index (χ0n) is 15.0. The first-order chi connectivity index (χ1) is 12.7. The predicted octanol–water partition coefficient (Wildman–Crippen LogP) is 2.59. The van der Waals surface area contributed by atoms with Crippen LogP contribution in [0.2, 0.25) is 0 Å². The molecule has 6 heteroatoms. The van der Waals surface area contributed by atoms with Crippen LogP contribution in [0.1, 0.15) is 36.2 Å². The van der Waals surface area contributed by atoms with Crippen molar-refractivity contribution in [3.63, 3.8) is 0 Å². The molecule has 3 heterocycles. The molecule has 0 radical (unpaired) electrons. The maximum Gasteiger partial charge on any atom is 0.227 e. The Labute approximate surface area is 153 Å². The first-order valence-corrected chi connectivity index (χ1v) is 9.46. The summed E-state index contributed by atoms with van der Waals surface area (Å²) in [5.41, 5.74) is 2.98. The summed E-state index contributed by atoms with van der Waals surface area (Å²) in [7, 11) is 0. The third-order valence-electron chi connectivity index (χ3n) is 5.37. The van der Waals surface area contributed by atoms with E-state index in [0.29, 0.717) is 6.54 Å². The second kappa shape index (κ2) is 7.58. The molecule has 2 aliphatic rings. The zero-order valence-corrected chi connectivity index (χ0v) is 15.0. The average Bonchev–Trinajstić information content (AvgIpc) is 3.20. The Morgan fingerprint density at radius 2 is 1.96 bits per heavy atom. The average molecular weight is 356 g/mol. The second-order valence-electron chi connectivity index (χ2n) is 7.29. The van der Waals surface area contributed by atoms with Crippen LogP contribution in [0.5, 0.6) is 0 Å². The lowest BCUT2D eigenvalue weighted by molar-refractivity contribution is -0.131. The molecule has 4 rings (SSSR count). The van der Waals surface area contributed by atoms with E-state index >= 15 is 0 Å². The van der Waals surface area contributed by atoms with Crippen LogP contribution >= 0.6 is 0 Å². The molecule has 0 unspecified atom stereocenters. The summed E-state index contributed by atoms with van der Waals surface area (Å²) in [4.78, 5) is 21.7. The van der Waals surface area contributed by atoms with Gasteiger partial charge in [-0.15, -0.1) is 0 Å². The molecule has 0 N–H and O–H groups in total. The van der Waals surface area contributed by atoms with Crippen LogP contribution in [0, 0.1) is 5.82 Å². The highest BCUT2D eigenvalue weighted by atomic mass is 19.1. The second-order valence-corrected chi connectivity index (χ2v) is 7.29. The normalized spacial score (nSPS) is 18.0. The number of hydrogen-bond acceptors (Lipinski definition) is 3. The van der Waals surface area contributed by atoms with E-state index in [4.69, 9.17) is 0 Å². The molecule has 0 atom stereocenters. The lowest BCUT2D eigenvalue weighted by Gasteiger charge is -2.21. The molecule has 0 bridgehead atoms. The molecular weight excluding hydrogens is 331 g/mol. The van der Waals surface area contributed by atoms with Crippen molar-refractivity contribution >= 4 is 5.91 Å². The molecule has 1 saturated heterocycles. The Balaban J connectivity index is 1.47. The van der Waals surface area contributed by atoms with Crippen molar-refractivity contribution in [2.24, 2.45) is 0 Å². The Hall–Kier alpha value is -2.21. The first-order valence-electron chi connectivity index (χ1n) is 9.46. The van der Waals surface area contributed by atoms with Crippen molar-refractivity contribution in [1.29, 1.82) is 0 Å². The standard InChI is InChI=1S/C20H25FN4O/c21-17-6-3-5-16(11-17)12-20(26)24-9-4-10-25-15-22-18(19(25)14-24)13-23-7-1-2-8-23/h3,5-6,11,15H,1-2,4,7-10,12-14H2. The summed E-state index contributed by atoms with van der Waals surface area (Å²) < 4.78 is 15.6. The maximum absolute atomic E-state index is 13.4. The fraction of sp³-hybridized carbons (Fsp3) is 0.500. The number of carbonyl (C=O) groups is 1. The highest BCUT2D eigenvalue weighted by Crippen LogP contribution is 2.20. The highest BCUT2D eigenvalue weighted by molar-refractivity contribution is 5.78. The summed E-state index contributed by atoms with van der Waals surface area (Å²) in [6.45, 7) is 5.36. The van der Waals surface area contributed by atoms with Crippen molar-refractivity contribution in [3.05, 3.63) is 53.4 Å². The van der Waals surface area contributed by atoms with Gasteiger partial charge in [0.15, 0.2) is 0 Å². The first kappa shape index (κ1) is 17.2. The lowest BCUT2D eigenvalue weighted by atomic mass is 10.1. The van der Waals surface area contributed by atoms with Gasteiger partial charge >= 0.3 is 0 Å². The number of likely N-dealkylation sites (tertiary alicyclic amines) is 1. The van der Waals surface area contributed by atoms with Gasteiger partial charge < -0.3 is 9.47 Å². The topological polar surface area (TPSA) is 41.4 Å². The van der Waals surface area contributed by atoms with E-state index < -0.39 is 0 Å². The molecule has 0 spiro atoms. The minimum absolute atomic E-state index is 0.0531. The number of benzene rings is 1. The van der Waals surface area contributed by atoms with Gasteiger partial charge in [-0.1, -0.05) is 12.1 Å². The Morgan fingerprint density at radius 1 is 1.12 bits per heavy atom. The van der Waals surface area contributed by atoms with Gasteiger partial charge in [-0.25, -0.2) is 9.37 Å². The molecule has 0 saturated carbocycles. The summed E-state index contributed by atoms with van der Waals surface area (Å²) in [5, 5.41) is 0. The van der Waals surface area contributed by atoms with E-state index in [0.717, 1.165) is 56.1 Å². The smallest absolute Gasteiger partial charge is 0.227 e. The van der Waals surface area contributed by atoms with Crippen molar-refractivity contribution in [2.75, 3.05) is 19.6 Å².